The highest BCUT2D eigenvalue weighted by molar-refractivity contribution is 7.89. The van der Waals surface area contributed by atoms with Crippen LogP contribution >= 0.6 is 0 Å². The number of benzene rings is 1. The van der Waals surface area contributed by atoms with Crippen LogP contribution in [0.15, 0.2) is 23.1 Å². The molecule has 25 heavy (non-hydrogen) atoms. The summed E-state index contributed by atoms with van der Waals surface area (Å²) in [6.45, 7) is 4.12. The highest BCUT2D eigenvalue weighted by Crippen LogP contribution is 2.25. The van der Waals surface area contributed by atoms with Gasteiger partial charge in [0.2, 0.25) is 10.0 Å². The first-order chi connectivity index (χ1) is 11.9. The van der Waals surface area contributed by atoms with Crippen LogP contribution in [-0.4, -0.2) is 59.8 Å². The average Bonchev–Trinajstić information content (AvgIpc) is 2.62. The summed E-state index contributed by atoms with van der Waals surface area (Å²) in [5.41, 5.74) is 1.04. The Bertz CT molecular complexity index is 726. The third-order valence-electron chi connectivity index (χ3n) is 4.53. The van der Waals surface area contributed by atoms with Gasteiger partial charge in [-0.05, 0) is 37.6 Å². The van der Waals surface area contributed by atoms with Gasteiger partial charge in [-0.3, -0.25) is 4.79 Å². The number of rotatable bonds is 4. The number of piperidine rings is 1. The van der Waals surface area contributed by atoms with Crippen molar-refractivity contribution in [3.8, 4) is 0 Å². The molecule has 138 valence electrons. The van der Waals surface area contributed by atoms with Crippen molar-refractivity contribution >= 4 is 21.6 Å². The number of carbonyl (C=O) groups excluding carboxylic acids is 1. The molecule has 1 amide bonds. The SMILES string of the molecule is NS(=O)(=O)c1ccc(N2CCOCC2)c(C(=O)NC2CCCNC2)c1. The van der Waals surface area contributed by atoms with Gasteiger partial charge in [-0.15, -0.1) is 0 Å². The van der Waals surface area contributed by atoms with E-state index in [4.69, 9.17) is 9.88 Å². The highest BCUT2D eigenvalue weighted by Gasteiger charge is 2.24. The molecule has 1 aromatic rings. The van der Waals surface area contributed by atoms with E-state index < -0.39 is 10.0 Å². The fourth-order valence-electron chi connectivity index (χ4n) is 3.19. The largest absolute Gasteiger partial charge is 0.378 e. The van der Waals surface area contributed by atoms with Crippen molar-refractivity contribution in [1.29, 1.82) is 0 Å². The highest BCUT2D eigenvalue weighted by atomic mass is 32.2. The van der Waals surface area contributed by atoms with Gasteiger partial charge in [0.1, 0.15) is 0 Å². The van der Waals surface area contributed by atoms with Crippen LogP contribution < -0.4 is 20.7 Å². The van der Waals surface area contributed by atoms with Gasteiger partial charge in [-0.1, -0.05) is 0 Å². The number of nitrogens with one attached hydrogen (secondary N) is 2. The number of morpholine rings is 1. The van der Waals surface area contributed by atoms with E-state index in [9.17, 15) is 13.2 Å². The van der Waals surface area contributed by atoms with E-state index in [1.807, 2.05) is 4.90 Å². The van der Waals surface area contributed by atoms with Crippen LogP contribution in [0.3, 0.4) is 0 Å². The molecular formula is C16H24N4O4S. The number of ether oxygens (including phenoxy) is 1. The number of sulfonamides is 1. The molecule has 0 saturated carbocycles. The van der Waals surface area contributed by atoms with Crippen LogP contribution in [0.1, 0.15) is 23.2 Å². The second-order valence-electron chi connectivity index (χ2n) is 6.34. The molecule has 2 saturated heterocycles. The summed E-state index contributed by atoms with van der Waals surface area (Å²) in [6, 6.07) is 4.50. The number of hydrogen-bond donors (Lipinski definition) is 3. The van der Waals surface area contributed by atoms with Gasteiger partial charge in [0.25, 0.3) is 5.91 Å². The zero-order valence-electron chi connectivity index (χ0n) is 14.0. The van der Waals surface area contributed by atoms with Gasteiger partial charge in [-0.2, -0.15) is 0 Å². The average molecular weight is 368 g/mol. The number of anilines is 1. The molecule has 9 heteroatoms. The normalized spacial score (nSPS) is 21.8. The van der Waals surface area contributed by atoms with E-state index in [-0.39, 0.29) is 16.8 Å². The first-order valence-corrected chi connectivity index (χ1v) is 10.0. The minimum atomic E-state index is -3.87. The fourth-order valence-corrected chi connectivity index (χ4v) is 3.73. The van der Waals surface area contributed by atoms with E-state index in [0.29, 0.717) is 44.1 Å². The maximum Gasteiger partial charge on any atom is 0.253 e. The van der Waals surface area contributed by atoms with Gasteiger partial charge >= 0.3 is 0 Å². The first-order valence-electron chi connectivity index (χ1n) is 8.46. The van der Waals surface area contributed by atoms with Gasteiger partial charge in [0.05, 0.1) is 23.7 Å². The molecule has 2 aliphatic heterocycles. The lowest BCUT2D eigenvalue weighted by Gasteiger charge is -2.31. The van der Waals surface area contributed by atoms with Crippen molar-refractivity contribution in [2.75, 3.05) is 44.3 Å². The Labute approximate surface area is 147 Å². The number of carbonyl (C=O) groups is 1. The molecule has 2 fully saturated rings. The lowest BCUT2D eigenvalue weighted by molar-refractivity contribution is 0.0929. The zero-order valence-corrected chi connectivity index (χ0v) is 14.8. The summed E-state index contributed by atoms with van der Waals surface area (Å²) in [7, 11) is -3.87. The van der Waals surface area contributed by atoms with Crippen molar-refractivity contribution in [3.63, 3.8) is 0 Å². The quantitative estimate of drug-likeness (QED) is 0.670. The second-order valence-corrected chi connectivity index (χ2v) is 7.90. The molecule has 0 aliphatic carbocycles. The van der Waals surface area contributed by atoms with Crippen LogP contribution in [0.2, 0.25) is 0 Å². The van der Waals surface area contributed by atoms with Gasteiger partial charge in [-0.25, -0.2) is 13.6 Å². The molecule has 1 aromatic carbocycles. The standard InChI is InChI=1S/C16H24N4O4S/c17-25(22,23)13-3-4-15(20-6-8-24-9-7-20)14(10-13)16(21)19-12-2-1-5-18-11-12/h3-4,10,12,18H,1-2,5-9,11H2,(H,19,21)(H2,17,22,23). The Kier molecular flexibility index (Phi) is 5.57. The summed E-state index contributed by atoms with van der Waals surface area (Å²) in [5.74, 6) is -0.277. The van der Waals surface area contributed by atoms with Crippen molar-refractivity contribution in [2.24, 2.45) is 5.14 Å². The van der Waals surface area contributed by atoms with E-state index in [0.717, 1.165) is 19.4 Å². The molecule has 2 heterocycles. The number of nitrogens with two attached hydrogens (primary N) is 1. The molecule has 2 aliphatic rings. The number of hydrogen-bond acceptors (Lipinski definition) is 6. The third-order valence-corrected chi connectivity index (χ3v) is 5.44. The van der Waals surface area contributed by atoms with Crippen LogP contribution in [-0.2, 0) is 14.8 Å². The predicted molar refractivity (Wildman–Crippen MR) is 94.2 cm³/mol. The monoisotopic (exact) mass is 368 g/mol. The van der Waals surface area contributed by atoms with Crippen LogP contribution in [0, 0.1) is 0 Å². The van der Waals surface area contributed by atoms with Crippen molar-refractivity contribution < 1.29 is 17.9 Å². The lowest BCUT2D eigenvalue weighted by atomic mass is 10.1. The summed E-state index contributed by atoms with van der Waals surface area (Å²) in [5, 5.41) is 11.5. The van der Waals surface area contributed by atoms with Crippen molar-refractivity contribution in [3.05, 3.63) is 23.8 Å². The Morgan fingerprint density at radius 1 is 1.32 bits per heavy atom. The Hall–Kier alpha value is -1.68. The summed E-state index contributed by atoms with van der Waals surface area (Å²) in [6.07, 6.45) is 1.90. The molecule has 1 atom stereocenters. The Balaban J connectivity index is 1.90. The van der Waals surface area contributed by atoms with Crippen molar-refractivity contribution in [2.45, 2.75) is 23.8 Å². The van der Waals surface area contributed by atoms with E-state index >= 15 is 0 Å². The lowest BCUT2D eigenvalue weighted by Crippen LogP contribution is -2.46. The predicted octanol–water partition coefficient (Wildman–Crippen LogP) is -0.348. The van der Waals surface area contributed by atoms with E-state index in [1.165, 1.54) is 12.1 Å². The number of nitrogens with zero attached hydrogens (tertiary/aromatic N) is 1. The number of primary sulfonamides is 1. The second kappa shape index (κ2) is 7.69. The summed E-state index contributed by atoms with van der Waals surface area (Å²) < 4.78 is 28.7. The van der Waals surface area contributed by atoms with Crippen LogP contribution in [0.4, 0.5) is 5.69 Å². The summed E-state index contributed by atoms with van der Waals surface area (Å²) >= 11 is 0. The van der Waals surface area contributed by atoms with Crippen LogP contribution in [0.25, 0.3) is 0 Å². The van der Waals surface area contributed by atoms with Crippen LogP contribution in [0.5, 0.6) is 0 Å². The Morgan fingerprint density at radius 3 is 2.72 bits per heavy atom. The minimum Gasteiger partial charge on any atom is -0.378 e. The smallest absolute Gasteiger partial charge is 0.253 e. The molecule has 0 aromatic heterocycles. The first kappa shape index (κ1) is 18.1. The van der Waals surface area contributed by atoms with Crippen molar-refractivity contribution in [1.82, 2.24) is 10.6 Å². The third kappa shape index (κ3) is 4.49. The van der Waals surface area contributed by atoms with Gasteiger partial charge in [0.15, 0.2) is 0 Å². The molecule has 0 bridgehead atoms. The molecule has 4 N–H and O–H groups in total. The molecule has 3 rings (SSSR count). The Morgan fingerprint density at radius 2 is 2.08 bits per heavy atom. The summed E-state index contributed by atoms with van der Waals surface area (Å²) in [4.78, 5) is 14.8. The molecule has 8 nitrogen and oxygen atoms in total. The molecule has 1 unspecified atom stereocenters. The maximum absolute atomic E-state index is 12.8. The molecule has 0 radical (unpaired) electrons. The van der Waals surface area contributed by atoms with Gasteiger partial charge in [0, 0.05) is 31.4 Å². The van der Waals surface area contributed by atoms with Gasteiger partial charge < -0.3 is 20.3 Å². The fraction of sp³-hybridized carbons (Fsp3) is 0.562. The number of amides is 1. The minimum absolute atomic E-state index is 0.0388. The topological polar surface area (TPSA) is 114 Å². The van der Waals surface area contributed by atoms with E-state index in [1.54, 1.807) is 6.07 Å². The zero-order chi connectivity index (χ0) is 17.9. The molecule has 0 spiro atoms. The van der Waals surface area contributed by atoms with E-state index in [2.05, 4.69) is 10.6 Å². The molecular weight excluding hydrogens is 344 g/mol. The maximum atomic E-state index is 12.8.